The van der Waals surface area contributed by atoms with E-state index in [-0.39, 0.29) is 0 Å². The van der Waals surface area contributed by atoms with Crippen LogP contribution in [0.25, 0.3) is 0 Å². The first kappa shape index (κ1) is 8.71. The van der Waals surface area contributed by atoms with Gasteiger partial charge in [0.2, 0.25) is 11.6 Å². The van der Waals surface area contributed by atoms with E-state index in [0.29, 0.717) is 0 Å². The second kappa shape index (κ2) is 3.85. The predicted octanol–water partition coefficient (Wildman–Crippen LogP) is 0.578. The van der Waals surface area contributed by atoms with Gasteiger partial charge >= 0.3 is 0 Å². The van der Waals surface area contributed by atoms with E-state index in [2.05, 4.69) is 5.32 Å². The lowest BCUT2D eigenvalue weighted by Crippen LogP contribution is -2.20. The van der Waals surface area contributed by atoms with Crippen molar-refractivity contribution in [3.63, 3.8) is 0 Å². The van der Waals surface area contributed by atoms with Gasteiger partial charge in [-0.25, -0.2) is 0 Å². The molecule has 1 aliphatic carbocycles. The van der Waals surface area contributed by atoms with Crippen LogP contribution in [0.1, 0.15) is 13.3 Å². The van der Waals surface area contributed by atoms with E-state index in [4.69, 9.17) is 0 Å². The van der Waals surface area contributed by atoms with Gasteiger partial charge in [0.25, 0.3) is 0 Å². The van der Waals surface area contributed by atoms with Crippen molar-refractivity contribution in [1.82, 2.24) is 5.32 Å². The van der Waals surface area contributed by atoms with Crippen LogP contribution in [0.5, 0.6) is 0 Å². The van der Waals surface area contributed by atoms with Crippen LogP contribution in [-0.4, -0.2) is 18.1 Å². The first-order valence-corrected chi connectivity index (χ1v) is 3.96. The molecule has 0 fully saturated rings. The molecule has 0 unspecified atom stereocenters. The molecule has 0 heterocycles. The van der Waals surface area contributed by atoms with Crippen LogP contribution in [-0.2, 0) is 9.59 Å². The molecule has 0 aromatic heterocycles. The number of ketones is 2. The molecule has 0 saturated heterocycles. The molecule has 1 N–H and O–H groups in total. The standard InChI is InChI=1S/C9H11NO2/c1-2-5-10-7-3-4-8(11)9(12)6-7/h3-4,6,10H,2,5H2,1H3. The molecular formula is C9H11NO2. The Morgan fingerprint density at radius 2 is 2.00 bits per heavy atom. The Labute approximate surface area is 71.1 Å². The quantitative estimate of drug-likeness (QED) is 0.491. The third kappa shape index (κ3) is 2.05. The van der Waals surface area contributed by atoms with Gasteiger partial charge in [-0.2, -0.15) is 0 Å². The van der Waals surface area contributed by atoms with Crippen molar-refractivity contribution < 1.29 is 9.59 Å². The highest BCUT2D eigenvalue weighted by Crippen LogP contribution is 2.00. The smallest absolute Gasteiger partial charge is 0.227 e. The third-order valence-electron chi connectivity index (χ3n) is 1.52. The topological polar surface area (TPSA) is 46.2 Å². The highest BCUT2D eigenvalue weighted by molar-refractivity contribution is 6.46. The van der Waals surface area contributed by atoms with Crippen molar-refractivity contribution in [2.24, 2.45) is 0 Å². The summed E-state index contributed by atoms with van der Waals surface area (Å²) in [5, 5.41) is 3.02. The summed E-state index contributed by atoms with van der Waals surface area (Å²) in [6, 6.07) is 0. The lowest BCUT2D eigenvalue weighted by molar-refractivity contribution is -0.131. The molecule has 1 aliphatic rings. The lowest BCUT2D eigenvalue weighted by Gasteiger charge is -2.07. The number of carbonyl (C=O) groups is 2. The second-order valence-corrected chi connectivity index (χ2v) is 2.59. The zero-order valence-electron chi connectivity index (χ0n) is 6.96. The summed E-state index contributed by atoms with van der Waals surface area (Å²) in [6.45, 7) is 2.85. The van der Waals surface area contributed by atoms with Crippen LogP contribution in [0, 0.1) is 0 Å². The van der Waals surface area contributed by atoms with Crippen molar-refractivity contribution in [1.29, 1.82) is 0 Å². The molecule has 0 aliphatic heterocycles. The van der Waals surface area contributed by atoms with Crippen LogP contribution in [0.4, 0.5) is 0 Å². The maximum Gasteiger partial charge on any atom is 0.227 e. The molecule has 1 rings (SSSR count). The van der Waals surface area contributed by atoms with Gasteiger partial charge in [-0.1, -0.05) is 6.92 Å². The van der Waals surface area contributed by atoms with E-state index in [1.54, 1.807) is 6.08 Å². The van der Waals surface area contributed by atoms with E-state index < -0.39 is 11.6 Å². The van der Waals surface area contributed by atoms with Gasteiger partial charge < -0.3 is 5.32 Å². The Morgan fingerprint density at radius 1 is 1.25 bits per heavy atom. The third-order valence-corrected chi connectivity index (χ3v) is 1.52. The Bertz CT molecular complexity index is 264. The van der Waals surface area contributed by atoms with Crippen LogP contribution in [0.15, 0.2) is 23.9 Å². The summed E-state index contributed by atoms with van der Waals surface area (Å²) < 4.78 is 0. The fourth-order valence-electron chi connectivity index (χ4n) is 0.887. The van der Waals surface area contributed by atoms with Crippen molar-refractivity contribution in [2.75, 3.05) is 6.54 Å². The van der Waals surface area contributed by atoms with E-state index >= 15 is 0 Å². The molecule has 3 nitrogen and oxygen atoms in total. The Morgan fingerprint density at radius 3 is 2.58 bits per heavy atom. The Hall–Kier alpha value is -1.38. The van der Waals surface area contributed by atoms with E-state index in [1.807, 2.05) is 6.92 Å². The zero-order valence-corrected chi connectivity index (χ0v) is 6.96. The highest BCUT2D eigenvalue weighted by Gasteiger charge is 2.12. The summed E-state index contributed by atoms with van der Waals surface area (Å²) in [7, 11) is 0. The molecule has 0 aromatic rings. The van der Waals surface area contributed by atoms with E-state index in [9.17, 15) is 9.59 Å². The molecule has 0 amide bonds. The maximum absolute atomic E-state index is 10.9. The molecule has 64 valence electrons. The summed E-state index contributed by atoms with van der Waals surface area (Å²) in [5.74, 6) is -0.895. The number of hydrogen-bond donors (Lipinski definition) is 1. The van der Waals surface area contributed by atoms with Gasteiger partial charge in [0.1, 0.15) is 0 Å². The van der Waals surface area contributed by atoms with Crippen molar-refractivity contribution in [3.05, 3.63) is 23.9 Å². The zero-order chi connectivity index (χ0) is 8.97. The molecule has 12 heavy (non-hydrogen) atoms. The molecule has 0 saturated carbocycles. The van der Waals surface area contributed by atoms with Gasteiger partial charge in [-0.3, -0.25) is 9.59 Å². The molecule has 0 radical (unpaired) electrons. The number of allylic oxidation sites excluding steroid dienone is 3. The molecule has 0 spiro atoms. The highest BCUT2D eigenvalue weighted by atomic mass is 16.2. The molecule has 0 aromatic carbocycles. The van der Waals surface area contributed by atoms with Gasteiger partial charge in [0, 0.05) is 18.3 Å². The monoisotopic (exact) mass is 165 g/mol. The number of carbonyl (C=O) groups excluding carboxylic acids is 2. The average molecular weight is 165 g/mol. The SMILES string of the molecule is CCCNC1=CC(=O)C(=O)C=C1. The first-order chi connectivity index (χ1) is 5.74. The van der Waals surface area contributed by atoms with Gasteiger partial charge in [-0.15, -0.1) is 0 Å². The van der Waals surface area contributed by atoms with Gasteiger partial charge in [0.05, 0.1) is 0 Å². The lowest BCUT2D eigenvalue weighted by atomic mass is 10.1. The number of rotatable bonds is 3. The van der Waals surface area contributed by atoms with Crippen LogP contribution < -0.4 is 5.32 Å². The van der Waals surface area contributed by atoms with Crippen LogP contribution in [0.2, 0.25) is 0 Å². The summed E-state index contributed by atoms with van der Waals surface area (Å²) in [6.07, 6.45) is 5.24. The fraction of sp³-hybridized carbons (Fsp3) is 0.333. The minimum Gasteiger partial charge on any atom is -0.385 e. The number of nitrogens with one attached hydrogen (secondary N) is 1. The molecular weight excluding hydrogens is 154 g/mol. The van der Waals surface area contributed by atoms with Crippen molar-refractivity contribution in [2.45, 2.75) is 13.3 Å². The Kier molecular flexibility index (Phi) is 2.80. The summed E-state index contributed by atoms with van der Waals surface area (Å²) in [4.78, 5) is 21.6. The fourth-order valence-corrected chi connectivity index (χ4v) is 0.887. The minimum atomic E-state index is -0.448. The van der Waals surface area contributed by atoms with E-state index in [1.165, 1.54) is 12.2 Å². The second-order valence-electron chi connectivity index (χ2n) is 2.59. The molecule has 0 atom stereocenters. The van der Waals surface area contributed by atoms with Crippen molar-refractivity contribution in [3.8, 4) is 0 Å². The minimum absolute atomic E-state index is 0.447. The summed E-state index contributed by atoms with van der Waals surface area (Å²) >= 11 is 0. The average Bonchev–Trinajstić information content (AvgIpc) is 2.07. The maximum atomic E-state index is 10.9. The van der Waals surface area contributed by atoms with Crippen molar-refractivity contribution >= 4 is 11.6 Å². The molecule has 3 heteroatoms. The number of hydrogen-bond acceptors (Lipinski definition) is 3. The summed E-state index contributed by atoms with van der Waals surface area (Å²) in [5.41, 5.74) is 0.724. The first-order valence-electron chi connectivity index (χ1n) is 3.96. The molecule has 0 bridgehead atoms. The predicted molar refractivity (Wildman–Crippen MR) is 45.5 cm³/mol. The largest absolute Gasteiger partial charge is 0.385 e. The van der Waals surface area contributed by atoms with Crippen LogP contribution >= 0.6 is 0 Å². The normalized spacial score (nSPS) is 16.2. The van der Waals surface area contributed by atoms with Gasteiger partial charge in [-0.05, 0) is 18.6 Å². The van der Waals surface area contributed by atoms with Crippen LogP contribution in [0.3, 0.4) is 0 Å². The van der Waals surface area contributed by atoms with E-state index in [0.717, 1.165) is 18.7 Å². The Balaban J connectivity index is 2.57. The van der Waals surface area contributed by atoms with Gasteiger partial charge in [0.15, 0.2) is 0 Å².